The molecule has 1 aromatic carbocycles. The molecule has 0 saturated carbocycles. The van der Waals surface area contributed by atoms with Gasteiger partial charge in [-0.05, 0) is 45.4 Å². The van der Waals surface area contributed by atoms with Crippen LogP contribution >= 0.6 is 0 Å². The van der Waals surface area contributed by atoms with E-state index in [4.69, 9.17) is 15.2 Å². The summed E-state index contributed by atoms with van der Waals surface area (Å²) in [4.78, 5) is 13.9. The van der Waals surface area contributed by atoms with Crippen LogP contribution in [-0.2, 0) is 11.3 Å². The van der Waals surface area contributed by atoms with Crippen molar-refractivity contribution in [3.05, 3.63) is 23.8 Å². The van der Waals surface area contributed by atoms with Crippen LogP contribution in [0.4, 0.5) is 10.5 Å². The van der Waals surface area contributed by atoms with Gasteiger partial charge in [-0.25, -0.2) is 4.79 Å². The van der Waals surface area contributed by atoms with Crippen molar-refractivity contribution in [3.63, 3.8) is 0 Å². The fourth-order valence-electron chi connectivity index (χ4n) is 1.96. The average Bonchev–Trinajstić information content (AvgIpc) is 2.36. The number of benzene rings is 1. The third-order valence-electron chi connectivity index (χ3n) is 2.81. The predicted molar refractivity (Wildman–Crippen MR) is 84.3 cm³/mol. The van der Waals surface area contributed by atoms with Crippen molar-refractivity contribution in [1.82, 2.24) is 4.90 Å². The Hall–Kier alpha value is -1.91. The van der Waals surface area contributed by atoms with Gasteiger partial charge in [-0.3, -0.25) is 0 Å². The molecule has 5 nitrogen and oxygen atoms in total. The normalized spacial score (nSPS) is 11.1. The maximum Gasteiger partial charge on any atom is 0.410 e. The first kappa shape index (κ1) is 17.1. The zero-order chi connectivity index (χ0) is 16.0. The van der Waals surface area contributed by atoms with Crippen molar-refractivity contribution < 1.29 is 14.3 Å². The number of nitrogens with two attached hydrogens (primary N) is 1. The Labute approximate surface area is 127 Å². The molecular weight excluding hydrogens is 268 g/mol. The summed E-state index contributed by atoms with van der Waals surface area (Å²) in [7, 11) is 1.60. The number of nitrogens with zero attached hydrogens (tertiary/aromatic N) is 1. The van der Waals surface area contributed by atoms with Gasteiger partial charge >= 0.3 is 6.09 Å². The van der Waals surface area contributed by atoms with E-state index in [1.807, 2.05) is 39.8 Å². The highest BCUT2D eigenvalue weighted by Crippen LogP contribution is 2.23. The van der Waals surface area contributed by atoms with Gasteiger partial charge in [-0.2, -0.15) is 0 Å². The second-order valence-electron chi connectivity index (χ2n) is 5.97. The minimum atomic E-state index is -0.511. The predicted octanol–water partition coefficient (Wildman–Crippen LogP) is 3.42. The molecule has 0 unspecified atom stereocenters. The summed E-state index contributed by atoms with van der Waals surface area (Å²) >= 11 is 0. The number of anilines is 1. The van der Waals surface area contributed by atoms with Crippen LogP contribution in [0.25, 0.3) is 0 Å². The van der Waals surface area contributed by atoms with Crippen LogP contribution in [0.2, 0.25) is 0 Å². The summed E-state index contributed by atoms with van der Waals surface area (Å²) in [5, 5.41) is 0. The average molecular weight is 294 g/mol. The van der Waals surface area contributed by atoms with E-state index < -0.39 is 5.60 Å². The molecule has 0 saturated heterocycles. The largest absolute Gasteiger partial charge is 0.496 e. The van der Waals surface area contributed by atoms with E-state index in [1.54, 1.807) is 18.1 Å². The van der Waals surface area contributed by atoms with Crippen molar-refractivity contribution in [2.75, 3.05) is 19.4 Å². The molecule has 0 spiro atoms. The molecular formula is C16H26N2O3. The molecule has 0 aliphatic heterocycles. The van der Waals surface area contributed by atoms with Crippen LogP contribution in [0.1, 0.15) is 39.7 Å². The smallest absolute Gasteiger partial charge is 0.410 e. The lowest BCUT2D eigenvalue weighted by atomic mass is 10.1. The number of carbonyl (C=O) groups excluding carboxylic acids is 1. The molecule has 5 heteroatoms. The van der Waals surface area contributed by atoms with Crippen molar-refractivity contribution in [2.24, 2.45) is 0 Å². The summed E-state index contributed by atoms with van der Waals surface area (Å²) in [6, 6.07) is 5.41. The van der Waals surface area contributed by atoms with Gasteiger partial charge in [0.2, 0.25) is 0 Å². The molecule has 0 aliphatic carbocycles. The van der Waals surface area contributed by atoms with Crippen LogP contribution in [0.3, 0.4) is 0 Å². The van der Waals surface area contributed by atoms with Gasteiger partial charge in [0, 0.05) is 17.8 Å². The number of hydrogen-bond acceptors (Lipinski definition) is 4. The van der Waals surface area contributed by atoms with Crippen molar-refractivity contribution in [2.45, 2.75) is 46.3 Å². The van der Waals surface area contributed by atoms with Crippen molar-refractivity contribution in [3.8, 4) is 5.75 Å². The van der Waals surface area contributed by atoms with Crippen LogP contribution in [0, 0.1) is 0 Å². The molecule has 0 radical (unpaired) electrons. The lowest BCUT2D eigenvalue weighted by molar-refractivity contribution is 0.0232. The Morgan fingerprint density at radius 2 is 2.00 bits per heavy atom. The molecule has 0 aliphatic rings. The van der Waals surface area contributed by atoms with Gasteiger partial charge in [0.15, 0.2) is 0 Å². The highest BCUT2D eigenvalue weighted by molar-refractivity contribution is 5.68. The molecule has 1 aromatic rings. The highest BCUT2D eigenvalue weighted by atomic mass is 16.6. The molecule has 0 atom stereocenters. The summed E-state index contributed by atoms with van der Waals surface area (Å²) < 4.78 is 10.8. The minimum absolute atomic E-state index is 0.325. The van der Waals surface area contributed by atoms with Crippen LogP contribution in [0.5, 0.6) is 5.75 Å². The fourth-order valence-corrected chi connectivity index (χ4v) is 1.96. The second-order valence-corrected chi connectivity index (χ2v) is 5.97. The quantitative estimate of drug-likeness (QED) is 0.845. The molecule has 0 bridgehead atoms. The minimum Gasteiger partial charge on any atom is -0.496 e. The highest BCUT2D eigenvalue weighted by Gasteiger charge is 2.22. The summed E-state index contributed by atoms with van der Waals surface area (Å²) in [5.41, 5.74) is 6.83. The zero-order valence-electron chi connectivity index (χ0n) is 13.6. The Bertz CT molecular complexity index is 481. The molecule has 118 valence electrons. The summed E-state index contributed by atoms with van der Waals surface area (Å²) in [5.74, 6) is 0.717. The number of rotatable bonds is 5. The lowest BCUT2D eigenvalue weighted by Gasteiger charge is -2.27. The van der Waals surface area contributed by atoms with E-state index in [1.165, 1.54) is 0 Å². The molecule has 1 amide bonds. The Morgan fingerprint density at radius 1 is 1.33 bits per heavy atom. The molecule has 0 fully saturated rings. The number of methoxy groups -OCH3 is 1. The molecule has 2 N–H and O–H groups in total. The number of hydrogen-bond donors (Lipinski definition) is 1. The molecule has 1 rings (SSSR count). The first-order valence-electron chi connectivity index (χ1n) is 7.17. The number of ether oxygens (including phenoxy) is 2. The topological polar surface area (TPSA) is 64.8 Å². The number of amides is 1. The third-order valence-corrected chi connectivity index (χ3v) is 2.81. The molecule has 0 heterocycles. The number of carbonyl (C=O) groups is 1. The van der Waals surface area contributed by atoms with Gasteiger partial charge in [0.05, 0.1) is 13.7 Å². The van der Waals surface area contributed by atoms with E-state index in [2.05, 4.69) is 0 Å². The monoisotopic (exact) mass is 294 g/mol. The Balaban J connectivity index is 2.92. The first-order chi connectivity index (χ1) is 9.76. The lowest BCUT2D eigenvalue weighted by Crippen LogP contribution is -2.37. The van der Waals surface area contributed by atoms with E-state index in [0.29, 0.717) is 24.5 Å². The molecule has 0 aromatic heterocycles. The summed E-state index contributed by atoms with van der Waals surface area (Å²) in [6.45, 7) is 8.63. The second kappa shape index (κ2) is 7.20. The van der Waals surface area contributed by atoms with Crippen LogP contribution < -0.4 is 10.5 Å². The van der Waals surface area contributed by atoms with Crippen molar-refractivity contribution in [1.29, 1.82) is 0 Å². The van der Waals surface area contributed by atoms with E-state index in [9.17, 15) is 4.79 Å². The number of nitrogen functional groups attached to an aromatic ring is 1. The first-order valence-corrected chi connectivity index (χ1v) is 7.17. The zero-order valence-corrected chi connectivity index (χ0v) is 13.6. The standard InChI is InChI=1S/C16H26N2O3/c1-6-9-18(15(19)21-16(2,3)4)11-12-10-13(17)7-8-14(12)20-5/h7-8,10H,6,9,11,17H2,1-5H3. The van der Waals surface area contributed by atoms with Crippen LogP contribution in [0.15, 0.2) is 18.2 Å². The molecule has 21 heavy (non-hydrogen) atoms. The Morgan fingerprint density at radius 3 is 2.52 bits per heavy atom. The van der Waals surface area contributed by atoms with Gasteiger partial charge < -0.3 is 20.1 Å². The van der Waals surface area contributed by atoms with E-state index in [-0.39, 0.29) is 6.09 Å². The summed E-state index contributed by atoms with van der Waals surface area (Å²) in [6.07, 6.45) is 0.526. The maximum atomic E-state index is 12.3. The SMILES string of the molecule is CCCN(Cc1cc(N)ccc1OC)C(=O)OC(C)(C)C. The van der Waals surface area contributed by atoms with Gasteiger partial charge in [0.1, 0.15) is 11.4 Å². The maximum absolute atomic E-state index is 12.3. The van der Waals surface area contributed by atoms with Gasteiger partial charge in [-0.15, -0.1) is 0 Å². The van der Waals surface area contributed by atoms with Crippen LogP contribution in [-0.4, -0.2) is 30.2 Å². The van der Waals surface area contributed by atoms with E-state index in [0.717, 1.165) is 12.0 Å². The van der Waals surface area contributed by atoms with Gasteiger partial charge in [0.25, 0.3) is 0 Å². The Kier molecular flexibility index (Phi) is 5.88. The third kappa shape index (κ3) is 5.53. The van der Waals surface area contributed by atoms with E-state index >= 15 is 0 Å². The fraction of sp³-hybridized carbons (Fsp3) is 0.562. The van der Waals surface area contributed by atoms with Crippen molar-refractivity contribution >= 4 is 11.8 Å². The van der Waals surface area contributed by atoms with Gasteiger partial charge in [-0.1, -0.05) is 6.92 Å².